The number of benzene rings is 1. The van der Waals surface area contributed by atoms with Gasteiger partial charge in [-0.2, -0.15) is 17.9 Å². The van der Waals surface area contributed by atoms with Crippen LogP contribution in [-0.2, 0) is 6.42 Å². The van der Waals surface area contributed by atoms with Crippen LogP contribution in [0.25, 0.3) is 5.69 Å². The summed E-state index contributed by atoms with van der Waals surface area (Å²) >= 11 is 0. The topological polar surface area (TPSA) is 86.4 Å². The molecule has 1 saturated carbocycles. The lowest BCUT2D eigenvalue weighted by Gasteiger charge is -2.19. The number of aromatic nitrogens is 3. The minimum Gasteiger partial charge on any atom is -0.480 e. The molecule has 2 aromatic rings. The van der Waals surface area contributed by atoms with Gasteiger partial charge in [0.2, 0.25) is 0 Å². The molecule has 1 fully saturated rings. The molecule has 1 aliphatic carbocycles. The molecule has 0 bridgehead atoms. The number of alkyl halides is 3. The maximum absolute atomic E-state index is 14.5. The second-order valence-electron chi connectivity index (χ2n) is 6.47. The average Bonchev–Trinajstić information content (AvgIpc) is 3.38. The van der Waals surface area contributed by atoms with Crippen molar-refractivity contribution < 1.29 is 32.2 Å². The van der Waals surface area contributed by atoms with E-state index in [9.17, 15) is 32.3 Å². The van der Waals surface area contributed by atoms with Gasteiger partial charge < -0.3 is 9.84 Å². The maximum atomic E-state index is 14.5. The minimum atomic E-state index is -4.76. The molecule has 1 heterocycles. The first-order chi connectivity index (χ1) is 13.0. The molecule has 1 aromatic carbocycles. The van der Waals surface area contributed by atoms with E-state index >= 15 is 0 Å². The smallest absolute Gasteiger partial charge is 0.425 e. The highest BCUT2D eigenvalue weighted by atomic mass is 19.4. The Morgan fingerprint density at radius 3 is 2.54 bits per heavy atom. The average molecular weight is 403 g/mol. The summed E-state index contributed by atoms with van der Waals surface area (Å²) in [5.74, 6) is -3.09. The lowest BCUT2D eigenvalue weighted by Crippen LogP contribution is -2.32. The van der Waals surface area contributed by atoms with Gasteiger partial charge >= 0.3 is 17.8 Å². The number of hydrogen-bond donors (Lipinski definition) is 1. The molecule has 1 atom stereocenters. The molecule has 0 aliphatic heterocycles. The third kappa shape index (κ3) is 3.60. The van der Waals surface area contributed by atoms with Gasteiger partial charge in [-0.05, 0) is 25.8 Å². The Morgan fingerprint density at radius 1 is 1.39 bits per heavy atom. The van der Waals surface area contributed by atoms with E-state index in [4.69, 9.17) is 4.74 Å². The number of carboxylic acids is 1. The fourth-order valence-electron chi connectivity index (χ4n) is 2.74. The fraction of sp³-hybridized carbons (Fsp3) is 0.471. The van der Waals surface area contributed by atoms with Crippen molar-refractivity contribution >= 4 is 5.97 Å². The molecule has 152 valence electrons. The molecule has 1 aromatic heterocycles. The zero-order chi connectivity index (χ0) is 20.8. The van der Waals surface area contributed by atoms with Gasteiger partial charge in [0.15, 0.2) is 6.10 Å². The SMILES string of the molecule is CCc1nn(-c2cc(O[C@@H](C)C(F)(F)F)c(C(=O)O)cc2F)c(=O)n1C1CC1. The van der Waals surface area contributed by atoms with Crippen molar-refractivity contribution in [3.63, 3.8) is 0 Å². The van der Waals surface area contributed by atoms with E-state index in [1.54, 1.807) is 6.92 Å². The lowest BCUT2D eigenvalue weighted by atomic mass is 10.1. The molecule has 7 nitrogen and oxygen atoms in total. The van der Waals surface area contributed by atoms with E-state index in [1.807, 2.05) is 0 Å². The van der Waals surface area contributed by atoms with Crippen molar-refractivity contribution in [2.75, 3.05) is 0 Å². The fourth-order valence-corrected chi connectivity index (χ4v) is 2.74. The van der Waals surface area contributed by atoms with Crippen molar-refractivity contribution in [3.8, 4) is 11.4 Å². The van der Waals surface area contributed by atoms with Crippen LogP contribution in [0.3, 0.4) is 0 Å². The van der Waals surface area contributed by atoms with Crippen molar-refractivity contribution in [1.29, 1.82) is 0 Å². The number of carboxylic acid groups (broad SMARTS) is 1. The highest BCUT2D eigenvalue weighted by Crippen LogP contribution is 2.35. The van der Waals surface area contributed by atoms with E-state index in [2.05, 4.69) is 5.10 Å². The summed E-state index contributed by atoms with van der Waals surface area (Å²) in [4.78, 5) is 24.0. The molecule has 0 amide bonds. The summed E-state index contributed by atoms with van der Waals surface area (Å²) in [5.41, 5.74) is -1.91. The molecule has 0 spiro atoms. The third-order valence-corrected chi connectivity index (χ3v) is 4.38. The normalized spacial score (nSPS) is 15.5. The molecule has 28 heavy (non-hydrogen) atoms. The summed E-state index contributed by atoms with van der Waals surface area (Å²) in [6, 6.07) is 1.23. The standard InChI is InChI=1S/C17H17F4N3O4/c1-3-14-22-24(16(27)23(14)9-4-5-9)12-7-13(28-8(2)17(19,20)21)10(15(25)26)6-11(12)18/h6-9H,3-5H2,1-2H3,(H,25,26)/t8-/m0/s1. The highest BCUT2D eigenvalue weighted by Gasteiger charge is 2.39. The first-order valence-corrected chi connectivity index (χ1v) is 8.55. The van der Waals surface area contributed by atoms with Gasteiger partial charge in [0, 0.05) is 18.5 Å². The molecule has 3 rings (SSSR count). The van der Waals surface area contributed by atoms with Gasteiger partial charge in [0.25, 0.3) is 0 Å². The second kappa shape index (κ2) is 6.95. The lowest BCUT2D eigenvalue weighted by molar-refractivity contribution is -0.189. The number of halogens is 4. The van der Waals surface area contributed by atoms with Gasteiger partial charge in [-0.25, -0.2) is 14.0 Å². The maximum Gasteiger partial charge on any atom is 0.425 e. The Morgan fingerprint density at radius 2 is 2.04 bits per heavy atom. The van der Waals surface area contributed by atoms with Crippen LogP contribution in [0.5, 0.6) is 5.75 Å². The number of aryl methyl sites for hydroxylation is 1. The van der Waals surface area contributed by atoms with Crippen molar-refractivity contribution in [2.24, 2.45) is 0 Å². The number of ether oxygens (including phenoxy) is 1. The number of nitrogens with zero attached hydrogens (tertiary/aromatic N) is 3. The number of hydrogen-bond acceptors (Lipinski definition) is 4. The zero-order valence-corrected chi connectivity index (χ0v) is 15.0. The van der Waals surface area contributed by atoms with Crippen molar-refractivity contribution in [3.05, 3.63) is 39.8 Å². The Balaban J connectivity index is 2.14. The first-order valence-electron chi connectivity index (χ1n) is 8.55. The zero-order valence-electron chi connectivity index (χ0n) is 15.0. The van der Waals surface area contributed by atoms with Gasteiger partial charge in [-0.15, -0.1) is 5.10 Å². The summed E-state index contributed by atoms with van der Waals surface area (Å²) in [6.07, 6.45) is -5.16. The summed E-state index contributed by atoms with van der Waals surface area (Å²) in [7, 11) is 0. The molecule has 1 N–H and O–H groups in total. The monoisotopic (exact) mass is 403 g/mol. The van der Waals surface area contributed by atoms with Gasteiger partial charge in [0.05, 0.1) is 0 Å². The van der Waals surface area contributed by atoms with E-state index in [1.165, 1.54) is 4.57 Å². The Hall–Kier alpha value is -2.85. The quantitative estimate of drug-likeness (QED) is 0.749. The Labute approximate surface area is 156 Å². The van der Waals surface area contributed by atoms with E-state index in [0.717, 1.165) is 23.6 Å². The van der Waals surface area contributed by atoms with Gasteiger partial charge in [-0.1, -0.05) is 6.92 Å². The van der Waals surface area contributed by atoms with Crippen LogP contribution < -0.4 is 10.4 Å². The first kappa shape index (κ1) is 19.9. The molecule has 0 saturated heterocycles. The summed E-state index contributed by atoms with van der Waals surface area (Å²) in [5, 5.41) is 13.2. The third-order valence-electron chi connectivity index (χ3n) is 4.38. The van der Waals surface area contributed by atoms with Crippen LogP contribution in [0.4, 0.5) is 17.6 Å². The van der Waals surface area contributed by atoms with E-state index in [0.29, 0.717) is 25.2 Å². The highest BCUT2D eigenvalue weighted by molar-refractivity contribution is 5.91. The molecule has 1 aliphatic rings. The Kier molecular flexibility index (Phi) is 4.94. The van der Waals surface area contributed by atoms with Crippen molar-refractivity contribution in [1.82, 2.24) is 14.3 Å². The molecular weight excluding hydrogens is 386 g/mol. The van der Waals surface area contributed by atoms with Crippen LogP contribution in [0.1, 0.15) is 48.9 Å². The van der Waals surface area contributed by atoms with Crippen LogP contribution in [0, 0.1) is 5.82 Å². The largest absolute Gasteiger partial charge is 0.480 e. The predicted octanol–water partition coefficient (Wildman–Crippen LogP) is 3.10. The van der Waals surface area contributed by atoms with Crippen LogP contribution in [-0.4, -0.2) is 37.7 Å². The van der Waals surface area contributed by atoms with E-state index < -0.39 is 46.8 Å². The number of rotatable bonds is 6. The van der Waals surface area contributed by atoms with Gasteiger partial charge in [0.1, 0.15) is 28.6 Å². The molecule has 0 radical (unpaired) electrons. The Bertz CT molecular complexity index is 976. The summed E-state index contributed by atoms with van der Waals surface area (Å²) < 4.78 is 59.9. The van der Waals surface area contributed by atoms with Crippen LogP contribution in [0.2, 0.25) is 0 Å². The summed E-state index contributed by atoms with van der Waals surface area (Å²) in [6.45, 7) is 2.45. The number of aromatic carboxylic acids is 1. The second-order valence-corrected chi connectivity index (χ2v) is 6.47. The molecule has 11 heteroatoms. The van der Waals surface area contributed by atoms with E-state index in [-0.39, 0.29) is 6.04 Å². The molecule has 0 unspecified atom stereocenters. The van der Waals surface area contributed by atoms with Crippen LogP contribution in [0.15, 0.2) is 16.9 Å². The molecular formula is C17H17F4N3O4. The van der Waals surface area contributed by atoms with Crippen molar-refractivity contribution in [2.45, 2.75) is 51.4 Å². The predicted molar refractivity (Wildman–Crippen MR) is 88.5 cm³/mol. The minimum absolute atomic E-state index is 0.0430. The number of carbonyl (C=O) groups is 1. The van der Waals surface area contributed by atoms with Crippen LogP contribution >= 0.6 is 0 Å². The van der Waals surface area contributed by atoms with Gasteiger partial charge in [-0.3, -0.25) is 4.57 Å².